The molecule has 8 nitrogen and oxygen atoms in total. The average molecular weight is 408 g/mol. The number of thiophene rings is 1. The van der Waals surface area contributed by atoms with Crippen LogP contribution in [0, 0.1) is 0 Å². The Kier molecular flexibility index (Phi) is 5.77. The molecule has 0 bridgehead atoms. The second kappa shape index (κ2) is 8.23. The molecule has 3 heterocycles. The Bertz CT molecular complexity index is 977. The summed E-state index contributed by atoms with van der Waals surface area (Å²) in [4.78, 5) is 23.9. The first kappa shape index (κ1) is 18.9. The summed E-state index contributed by atoms with van der Waals surface area (Å²) in [6.45, 7) is -0.255. The number of carbonyl (C=O) groups excluding carboxylic acids is 2. The SMILES string of the molecule is O=C(NCc1ccco1)C(=O)NC[C@H](c1ccco1)S(=O)(=O)c1cccs1. The second-order valence-corrected chi connectivity index (χ2v) is 8.76. The summed E-state index contributed by atoms with van der Waals surface area (Å²) in [5, 5.41) is 5.25. The molecule has 0 saturated carbocycles. The van der Waals surface area contributed by atoms with Crippen molar-refractivity contribution in [2.24, 2.45) is 0 Å². The molecule has 2 N–H and O–H groups in total. The third-order valence-corrected chi connectivity index (χ3v) is 7.16. The van der Waals surface area contributed by atoms with Gasteiger partial charge >= 0.3 is 11.8 Å². The highest BCUT2D eigenvalue weighted by molar-refractivity contribution is 7.93. The van der Waals surface area contributed by atoms with Crippen molar-refractivity contribution >= 4 is 33.0 Å². The molecule has 3 rings (SSSR count). The molecule has 0 aliphatic heterocycles. The quantitative estimate of drug-likeness (QED) is 0.576. The lowest BCUT2D eigenvalue weighted by molar-refractivity contribution is -0.139. The number of hydrogen-bond acceptors (Lipinski definition) is 7. The molecule has 10 heteroatoms. The molecule has 0 aromatic carbocycles. The van der Waals surface area contributed by atoms with Crippen LogP contribution in [0.15, 0.2) is 67.3 Å². The minimum absolute atomic E-state index is 0.0500. The number of carbonyl (C=O) groups is 2. The largest absolute Gasteiger partial charge is 0.468 e. The second-order valence-electron chi connectivity index (χ2n) is 5.45. The minimum atomic E-state index is -3.79. The van der Waals surface area contributed by atoms with Crippen molar-refractivity contribution in [1.29, 1.82) is 0 Å². The van der Waals surface area contributed by atoms with Crippen LogP contribution >= 0.6 is 11.3 Å². The number of hydrogen-bond donors (Lipinski definition) is 2. The van der Waals surface area contributed by atoms with E-state index in [2.05, 4.69) is 10.6 Å². The molecule has 0 spiro atoms. The van der Waals surface area contributed by atoms with Gasteiger partial charge in [0.25, 0.3) is 0 Å². The van der Waals surface area contributed by atoms with Crippen molar-refractivity contribution in [2.75, 3.05) is 6.54 Å². The molecule has 3 aromatic rings. The van der Waals surface area contributed by atoms with Crippen LogP contribution in [0.1, 0.15) is 16.8 Å². The molecule has 27 heavy (non-hydrogen) atoms. The van der Waals surface area contributed by atoms with E-state index in [1.54, 1.807) is 29.6 Å². The number of rotatable bonds is 7. The smallest absolute Gasteiger partial charge is 0.309 e. The van der Waals surface area contributed by atoms with Crippen molar-refractivity contribution in [3.63, 3.8) is 0 Å². The van der Waals surface area contributed by atoms with E-state index >= 15 is 0 Å². The van der Waals surface area contributed by atoms with Crippen molar-refractivity contribution in [3.05, 3.63) is 65.8 Å². The van der Waals surface area contributed by atoms with Crippen LogP contribution in [0.3, 0.4) is 0 Å². The molecule has 0 saturated heterocycles. The standard InChI is InChI=1S/C17H16N2O6S2/c20-16(18-10-12-4-1-7-24-12)17(21)19-11-14(13-5-2-8-25-13)27(22,23)15-6-3-9-26-15/h1-9,14H,10-11H2,(H,18,20)(H,19,21)/t14-/m1/s1. The Labute approximate surface area is 159 Å². The van der Waals surface area contributed by atoms with Gasteiger partial charge in [-0.25, -0.2) is 8.42 Å². The minimum Gasteiger partial charge on any atom is -0.468 e. The molecule has 142 valence electrons. The van der Waals surface area contributed by atoms with Gasteiger partial charge in [0.05, 0.1) is 19.1 Å². The molecule has 0 aliphatic rings. The molecular weight excluding hydrogens is 392 g/mol. The van der Waals surface area contributed by atoms with E-state index in [4.69, 9.17) is 8.83 Å². The lowest BCUT2D eigenvalue weighted by Crippen LogP contribution is -2.41. The molecule has 0 radical (unpaired) electrons. The van der Waals surface area contributed by atoms with Gasteiger partial charge in [-0.3, -0.25) is 9.59 Å². The fourth-order valence-corrected chi connectivity index (χ4v) is 5.12. The zero-order chi connectivity index (χ0) is 19.3. The van der Waals surface area contributed by atoms with E-state index in [-0.39, 0.29) is 23.1 Å². The lowest BCUT2D eigenvalue weighted by atomic mass is 10.3. The molecule has 2 amide bonds. The Hall–Kier alpha value is -2.85. The summed E-state index contributed by atoms with van der Waals surface area (Å²) in [7, 11) is -3.79. The van der Waals surface area contributed by atoms with Crippen LogP contribution in [0.25, 0.3) is 0 Å². The number of nitrogens with one attached hydrogen (secondary N) is 2. The van der Waals surface area contributed by atoms with Crippen molar-refractivity contribution in [3.8, 4) is 0 Å². The van der Waals surface area contributed by atoms with Crippen LogP contribution < -0.4 is 10.6 Å². The maximum absolute atomic E-state index is 12.8. The van der Waals surface area contributed by atoms with Gasteiger partial charge < -0.3 is 19.5 Å². The van der Waals surface area contributed by atoms with Crippen LogP contribution in [-0.4, -0.2) is 26.8 Å². The molecule has 3 aromatic heterocycles. The van der Waals surface area contributed by atoms with Gasteiger partial charge in [-0.2, -0.15) is 0 Å². The third kappa shape index (κ3) is 4.47. The fourth-order valence-electron chi connectivity index (χ4n) is 2.33. The molecule has 0 aliphatic carbocycles. The summed E-state index contributed by atoms with van der Waals surface area (Å²) in [5.74, 6) is -1.16. The Morgan fingerprint density at radius 2 is 1.74 bits per heavy atom. The number of amides is 2. The Morgan fingerprint density at radius 1 is 1.00 bits per heavy atom. The zero-order valence-electron chi connectivity index (χ0n) is 14.0. The van der Waals surface area contributed by atoms with Gasteiger partial charge in [-0.05, 0) is 35.7 Å². The van der Waals surface area contributed by atoms with Crippen LogP contribution in [0.2, 0.25) is 0 Å². The van der Waals surface area contributed by atoms with E-state index in [9.17, 15) is 18.0 Å². The first-order valence-corrected chi connectivity index (χ1v) is 10.3. The summed E-state index contributed by atoms with van der Waals surface area (Å²) < 4.78 is 36.1. The highest BCUT2D eigenvalue weighted by atomic mass is 32.2. The van der Waals surface area contributed by atoms with Crippen LogP contribution in [0.4, 0.5) is 0 Å². The maximum Gasteiger partial charge on any atom is 0.309 e. The van der Waals surface area contributed by atoms with Gasteiger partial charge in [-0.1, -0.05) is 6.07 Å². The van der Waals surface area contributed by atoms with Crippen molar-refractivity contribution in [2.45, 2.75) is 16.0 Å². The first-order chi connectivity index (χ1) is 13.0. The Balaban J connectivity index is 1.66. The third-order valence-electron chi connectivity index (χ3n) is 3.67. The molecular formula is C17H16N2O6S2. The summed E-state index contributed by atoms with van der Waals surface area (Å²) >= 11 is 1.07. The van der Waals surface area contributed by atoms with E-state index in [1.165, 1.54) is 24.7 Å². The molecule has 1 atom stereocenters. The summed E-state index contributed by atoms with van der Waals surface area (Å²) in [6, 6.07) is 9.48. The van der Waals surface area contributed by atoms with Crippen LogP contribution in [0.5, 0.6) is 0 Å². The average Bonchev–Trinajstić information content (AvgIpc) is 3.42. The predicted octanol–water partition coefficient (Wildman–Crippen LogP) is 1.88. The maximum atomic E-state index is 12.8. The monoisotopic (exact) mass is 408 g/mol. The Morgan fingerprint density at radius 3 is 2.37 bits per heavy atom. The fraction of sp³-hybridized carbons (Fsp3) is 0.176. The zero-order valence-corrected chi connectivity index (χ0v) is 15.6. The van der Waals surface area contributed by atoms with E-state index in [1.807, 2.05) is 0 Å². The number of furan rings is 2. The van der Waals surface area contributed by atoms with Crippen molar-refractivity contribution in [1.82, 2.24) is 10.6 Å². The first-order valence-electron chi connectivity index (χ1n) is 7.87. The normalized spacial score (nSPS) is 12.4. The molecule has 0 unspecified atom stereocenters. The lowest BCUT2D eigenvalue weighted by Gasteiger charge is -2.15. The van der Waals surface area contributed by atoms with E-state index in [0.717, 1.165) is 11.3 Å². The summed E-state index contributed by atoms with van der Waals surface area (Å²) in [5.41, 5.74) is 0. The number of sulfone groups is 1. The molecule has 0 fully saturated rings. The van der Waals surface area contributed by atoms with Gasteiger partial charge in [0.15, 0.2) is 9.84 Å². The van der Waals surface area contributed by atoms with Gasteiger partial charge in [0, 0.05) is 6.54 Å². The van der Waals surface area contributed by atoms with Gasteiger partial charge in [-0.15, -0.1) is 11.3 Å². The highest BCUT2D eigenvalue weighted by Crippen LogP contribution is 2.31. The highest BCUT2D eigenvalue weighted by Gasteiger charge is 2.33. The van der Waals surface area contributed by atoms with E-state index < -0.39 is 26.9 Å². The van der Waals surface area contributed by atoms with Crippen LogP contribution in [-0.2, 0) is 26.0 Å². The topological polar surface area (TPSA) is 119 Å². The van der Waals surface area contributed by atoms with Crippen molar-refractivity contribution < 1.29 is 26.8 Å². The summed E-state index contributed by atoms with van der Waals surface area (Å²) in [6.07, 6.45) is 2.80. The predicted molar refractivity (Wildman–Crippen MR) is 96.5 cm³/mol. The van der Waals surface area contributed by atoms with Gasteiger partial charge in [0.2, 0.25) is 0 Å². The van der Waals surface area contributed by atoms with E-state index in [0.29, 0.717) is 5.76 Å². The van der Waals surface area contributed by atoms with Gasteiger partial charge in [0.1, 0.15) is 21.0 Å².